The zero-order chi connectivity index (χ0) is 11.4. The van der Waals surface area contributed by atoms with Crippen LogP contribution < -0.4 is 0 Å². The molecule has 0 fully saturated rings. The van der Waals surface area contributed by atoms with E-state index in [1.807, 2.05) is 31.4 Å². The summed E-state index contributed by atoms with van der Waals surface area (Å²) < 4.78 is 0. The summed E-state index contributed by atoms with van der Waals surface area (Å²) in [6, 6.07) is 5.78. The van der Waals surface area contributed by atoms with E-state index in [4.69, 9.17) is 11.6 Å². The van der Waals surface area contributed by atoms with Gasteiger partial charge in [0.25, 0.3) is 0 Å². The second kappa shape index (κ2) is 5.92. The van der Waals surface area contributed by atoms with Gasteiger partial charge in [-0.2, -0.15) is 0 Å². The molecule has 0 radical (unpaired) electrons. The van der Waals surface area contributed by atoms with Crippen molar-refractivity contribution < 1.29 is 4.79 Å². The zero-order valence-corrected chi connectivity index (χ0v) is 11.7. The van der Waals surface area contributed by atoms with Crippen molar-refractivity contribution in [3.63, 3.8) is 0 Å². The van der Waals surface area contributed by atoms with Crippen molar-refractivity contribution in [3.8, 4) is 0 Å². The van der Waals surface area contributed by atoms with Gasteiger partial charge in [0.15, 0.2) is 5.78 Å². The van der Waals surface area contributed by atoms with E-state index in [9.17, 15) is 4.79 Å². The topological polar surface area (TPSA) is 17.1 Å². The van der Waals surface area contributed by atoms with E-state index in [1.165, 1.54) is 0 Å². The number of carbonyl (C=O) groups excluding carboxylic acids is 1. The minimum Gasteiger partial charge on any atom is -0.293 e. The number of ketones is 1. The Bertz CT molecular complexity index is 366. The fourth-order valence-corrected chi connectivity index (χ4v) is 2.24. The van der Waals surface area contributed by atoms with E-state index in [2.05, 4.69) is 15.9 Å². The number of Topliss-reactive ketones (excluding diaryl/α,β-unsaturated/α-hetero) is 1. The largest absolute Gasteiger partial charge is 0.293 e. The Balaban J connectivity index is 3.17. The first-order chi connectivity index (χ1) is 7.10. The summed E-state index contributed by atoms with van der Waals surface area (Å²) in [5.41, 5.74) is 1.73. The van der Waals surface area contributed by atoms with Gasteiger partial charge in [-0.05, 0) is 30.9 Å². The Morgan fingerprint density at radius 1 is 1.60 bits per heavy atom. The lowest BCUT2D eigenvalue weighted by atomic mass is 10.1. The van der Waals surface area contributed by atoms with Crippen molar-refractivity contribution in [2.75, 3.05) is 6.26 Å². The molecule has 82 valence electrons. The molecular formula is C11H12BrClOS. The molecule has 0 bridgehead atoms. The Hall–Kier alpha value is 0.01000. The maximum Gasteiger partial charge on any atom is 0.177 e. The van der Waals surface area contributed by atoms with Crippen LogP contribution in [0.4, 0.5) is 0 Å². The fraction of sp³-hybridized carbons (Fsp3) is 0.364. The molecular weight excluding hydrogens is 296 g/mol. The monoisotopic (exact) mass is 306 g/mol. The van der Waals surface area contributed by atoms with Crippen LogP contribution in [0.3, 0.4) is 0 Å². The molecule has 0 spiro atoms. The fourth-order valence-electron chi connectivity index (χ4n) is 1.25. The van der Waals surface area contributed by atoms with Crippen molar-refractivity contribution in [1.29, 1.82) is 0 Å². The van der Waals surface area contributed by atoms with Crippen LogP contribution in [-0.2, 0) is 5.88 Å². The number of hydrogen-bond acceptors (Lipinski definition) is 2. The van der Waals surface area contributed by atoms with Crippen LogP contribution in [0.2, 0.25) is 0 Å². The van der Waals surface area contributed by atoms with Crippen molar-refractivity contribution in [3.05, 3.63) is 29.3 Å². The van der Waals surface area contributed by atoms with Gasteiger partial charge in [-0.3, -0.25) is 4.79 Å². The Morgan fingerprint density at radius 2 is 2.27 bits per heavy atom. The minimum atomic E-state index is -0.158. The third-order valence-corrected chi connectivity index (χ3v) is 3.57. The number of rotatable bonds is 4. The number of alkyl halides is 2. The summed E-state index contributed by atoms with van der Waals surface area (Å²) >= 11 is 10.6. The summed E-state index contributed by atoms with van der Waals surface area (Å²) in [5.74, 6) is 0.539. The number of hydrogen-bond donors (Lipinski definition) is 0. The highest BCUT2D eigenvalue weighted by Gasteiger charge is 2.16. The SMILES string of the molecule is CSc1ccc(CCl)cc1C(=O)C(C)Br. The second-order valence-corrected chi connectivity index (χ2v) is 5.64. The molecule has 1 unspecified atom stereocenters. The first kappa shape index (κ1) is 13.1. The first-order valence-electron chi connectivity index (χ1n) is 4.51. The molecule has 0 heterocycles. The molecule has 0 amide bonds. The summed E-state index contributed by atoms with van der Waals surface area (Å²) in [5, 5.41) is 0. The molecule has 4 heteroatoms. The molecule has 0 saturated heterocycles. The molecule has 1 atom stereocenters. The quantitative estimate of drug-likeness (QED) is 0.473. The molecule has 1 nitrogen and oxygen atoms in total. The molecule has 0 aliphatic carbocycles. The highest BCUT2D eigenvalue weighted by Crippen LogP contribution is 2.25. The molecule has 0 aliphatic heterocycles. The van der Waals surface area contributed by atoms with Gasteiger partial charge in [-0.1, -0.05) is 22.0 Å². The standard InChI is InChI=1S/C11H12BrClOS/c1-7(12)11(14)9-5-8(6-13)3-4-10(9)15-2/h3-5,7H,6H2,1-2H3. The average Bonchev–Trinajstić information content (AvgIpc) is 2.27. The minimum absolute atomic E-state index is 0.103. The van der Waals surface area contributed by atoms with Crippen LogP contribution in [0.25, 0.3) is 0 Å². The summed E-state index contributed by atoms with van der Waals surface area (Å²) in [7, 11) is 0. The van der Waals surface area contributed by atoms with Gasteiger partial charge in [-0.15, -0.1) is 23.4 Å². The molecule has 0 aromatic heterocycles. The van der Waals surface area contributed by atoms with E-state index >= 15 is 0 Å². The van der Waals surface area contributed by atoms with Crippen LogP contribution in [-0.4, -0.2) is 16.9 Å². The molecule has 1 rings (SSSR count). The van der Waals surface area contributed by atoms with Gasteiger partial charge < -0.3 is 0 Å². The highest BCUT2D eigenvalue weighted by atomic mass is 79.9. The summed E-state index contributed by atoms with van der Waals surface area (Å²) in [6.45, 7) is 1.83. The Kier molecular flexibility index (Phi) is 5.16. The molecule has 1 aromatic carbocycles. The summed E-state index contributed by atoms with van der Waals surface area (Å²) in [4.78, 5) is 12.7. The van der Waals surface area contributed by atoms with Gasteiger partial charge in [0, 0.05) is 16.3 Å². The van der Waals surface area contributed by atoms with Crippen LogP contribution in [0.5, 0.6) is 0 Å². The maximum absolute atomic E-state index is 11.9. The lowest BCUT2D eigenvalue weighted by Crippen LogP contribution is -2.11. The molecule has 0 saturated carbocycles. The van der Waals surface area contributed by atoms with Crippen molar-refractivity contribution in [2.45, 2.75) is 22.5 Å². The average molecular weight is 308 g/mol. The van der Waals surface area contributed by atoms with Gasteiger partial charge in [0.1, 0.15) is 0 Å². The zero-order valence-electron chi connectivity index (χ0n) is 8.59. The van der Waals surface area contributed by atoms with Crippen LogP contribution in [0.1, 0.15) is 22.8 Å². The van der Waals surface area contributed by atoms with Gasteiger partial charge in [0.05, 0.1) is 4.83 Å². The van der Waals surface area contributed by atoms with Gasteiger partial charge in [0.2, 0.25) is 0 Å². The maximum atomic E-state index is 11.9. The van der Waals surface area contributed by atoms with Crippen molar-refractivity contribution in [1.82, 2.24) is 0 Å². The molecule has 0 aliphatic rings. The number of thioether (sulfide) groups is 1. The van der Waals surface area contributed by atoms with E-state index in [0.717, 1.165) is 16.0 Å². The predicted molar refractivity (Wildman–Crippen MR) is 70.5 cm³/mol. The smallest absolute Gasteiger partial charge is 0.177 e. The van der Waals surface area contributed by atoms with Crippen molar-refractivity contribution >= 4 is 45.1 Å². The lowest BCUT2D eigenvalue weighted by molar-refractivity contribution is 0.0993. The lowest BCUT2D eigenvalue weighted by Gasteiger charge is -2.09. The Morgan fingerprint density at radius 3 is 2.73 bits per heavy atom. The normalized spacial score (nSPS) is 12.5. The van der Waals surface area contributed by atoms with E-state index in [1.54, 1.807) is 11.8 Å². The third-order valence-electron chi connectivity index (χ3n) is 2.04. The number of halogens is 2. The van der Waals surface area contributed by atoms with Gasteiger partial charge in [-0.25, -0.2) is 0 Å². The van der Waals surface area contributed by atoms with Crippen LogP contribution >= 0.6 is 39.3 Å². The van der Waals surface area contributed by atoms with Crippen LogP contribution in [0, 0.1) is 0 Å². The Labute approximate surface area is 108 Å². The van der Waals surface area contributed by atoms with E-state index in [-0.39, 0.29) is 10.6 Å². The molecule has 15 heavy (non-hydrogen) atoms. The highest BCUT2D eigenvalue weighted by molar-refractivity contribution is 9.10. The van der Waals surface area contributed by atoms with Crippen molar-refractivity contribution in [2.24, 2.45) is 0 Å². The predicted octanol–water partition coefficient (Wildman–Crippen LogP) is 4.11. The number of carbonyl (C=O) groups is 1. The molecule has 1 aromatic rings. The molecule has 0 N–H and O–H groups in total. The second-order valence-electron chi connectivity index (χ2n) is 3.15. The van der Waals surface area contributed by atoms with E-state index in [0.29, 0.717) is 5.88 Å². The van der Waals surface area contributed by atoms with Crippen LogP contribution in [0.15, 0.2) is 23.1 Å². The summed E-state index contributed by atoms with van der Waals surface area (Å²) in [6.07, 6.45) is 1.96. The first-order valence-corrected chi connectivity index (χ1v) is 7.18. The van der Waals surface area contributed by atoms with E-state index < -0.39 is 0 Å². The van der Waals surface area contributed by atoms with Gasteiger partial charge >= 0.3 is 0 Å². The number of benzene rings is 1. The third kappa shape index (κ3) is 3.23.